The first-order chi connectivity index (χ1) is 10.1. The van der Waals surface area contributed by atoms with Gasteiger partial charge in [-0.15, -0.1) is 0 Å². The van der Waals surface area contributed by atoms with Gasteiger partial charge in [0.25, 0.3) is 5.91 Å². The number of aromatic nitrogens is 1. The molecule has 0 bridgehead atoms. The maximum Gasteiger partial charge on any atom is 0.335 e. The van der Waals surface area contributed by atoms with Gasteiger partial charge in [0.1, 0.15) is 0 Å². The molecule has 1 amide bonds. The van der Waals surface area contributed by atoms with Crippen LogP contribution in [0.15, 0.2) is 42.7 Å². The summed E-state index contributed by atoms with van der Waals surface area (Å²) in [6.45, 7) is 0.213. The number of pyridine rings is 1. The first-order valence-corrected chi connectivity index (χ1v) is 6.28. The number of carbonyl (C=O) groups excluding carboxylic acids is 1. The Labute approximate surface area is 120 Å². The summed E-state index contributed by atoms with van der Waals surface area (Å²) >= 11 is 0. The Bertz CT molecular complexity index is 673. The van der Waals surface area contributed by atoms with Crippen LogP contribution in [0.4, 0.5) is 4.39 Å². The van der Waals surface area contributed by atoms with E-state index < -0.39 is 17.7 Å². The Kier molecular flexibility index (Phi) is 4.61. The Balaban J connectivity index is 1.98. The van der Waals surface area contributed by atoms with Gasteiger partial charge in [-0.1, -0.05) is 18.2 Å². The molecule has 21 heavy (non-hydrogen) atoms. The summed E-state index contributed by atoms with van der Waals surface area (Å²) < 4.78 is 13.4. The van der Waals surface area contributed by atoms with E-state index in [1.807, 2.05) is 0 Å². The molecule has 0 aliphatic heterocycles. The van der Waals surface area contributed by atoms with Crippen molar-refractivity contribution in [2.24, 2.45) is 0 Å². The van der Waals surface area contributed by atoms with Crippen molar-refractivity contribution < 1.29 is 19.1 Å². The quantitative estimate of drug-likeness (QED) is 0.880. The third kappa shape index (κ3) is 3.62. The number of aromatic carboxylic acids is 1. The van der Waals surface area contributed by atoms with Crippen molar-refractivity contribution in [1.82, 2.24) is 10.3 Å². The van der Waals surface area contributed by atoms with Gasteiger partial charge < -0.3 is 10.4 Å². The summed E-state index contributed by atoms with van der Waals surface area (Å²) in [5.74, 6) is -2.26. The maximum absolute atomic E-state index is 13.4. The van der Waals surface area contributed by atoms with E-state index in [0.29, 0.717) is 12.0 Å². The zero-order valence-electron chi connectivity index (χ0n) is 11.0. The van der Waals surface area contributed by atoms with Gasteiger partial charge in [0, 0.05) is 12.7 Å². The van der Waals surface area contributed by atoms with E-state index in [4.69, 9.17) is 5.11 Å². The summed E-state index contributed by atoms with van der Waals surface area (Å²) in [7, 11) is 0. The van der Waals surface area contributed by atoms with Crippen LogP contribution < -0.4 is 5.32 Å². The molecule has 0 spiro atoms. The molecule has 0 radical (unpaired) electrons. The van der Waals surface area contributed by atoms with Crippen LogP contribution in [0.3, 0.4) is 0 Å². The highest BCUT2D eigenvalue weighted by Crippen LogP contribution is 2.09. The van der Waals surface area contributed by atoms with Gasteiger partial charge in [-0.2, -0.15) is 0 Å². The zero-order chi connectivity index (χ0) is 15.2. The number of hydrogen-bond acceptors (Lipinski definition) is 3. The fourth-order valence-electron chi connectivity index (χ4n) is 1.91. The molecule has 2 rings (SSSR count). The van der Waals surface area contributed by atoms with Crippen molar-refractivity contribution in [3.8, 4) is 0 Å². The van der Waals surface area contributed by atoms with Gasteiger partial charge >= 0.3 is 5.97 Å². The van der Waals surface area contributed by atoms with Crippen molar-refractivity contribution in [3.63, 3.8) is 0 Å². The van der Waals surface area contributed by atoms with Crippen LogP contribution in [0.5, 0.6) is 0 Å². The van der Waals surface area contributed by atoms with E-state index in [-0.39, 0.29) is 17.7 Å². The van der Waals surface area contributed by atoms with Crippen LogP contribution in [-0.2, 0) is 6.42 Å². The number of carbonyl (C=O) groups is 2. The monoisotopic (exact) mass is 288 g/mol. The summed E-state index contributed by atoms with van der Waals surface area (Å²) in [4.78, 5) is 26.4. The molecule has 0 atom stereocenters. The number of benzene rings is 1. The van der Waals surface area contributed by atoms with Crippen LogP contribution in [0.2, 0.25) is 0 Å². The van der Waals surface area contributed by atoms with E-state index in [9.17, 15) is 14.0 Å². The number of carboxylic acids is 1. The fraction of sp³-hybridized carbons (Fsp3) is 0.133. The largest absolute Gasteiger partial charge is 0.478 e. The van der Waals surface area contributed by atoms with Crippen LogP contribution in [-0.4, -0.2) is 28.5 Å². The highest BCUT2D eigenvalue weighted by Gasteiger charge is 2.12. The molecular weight excluding hydrogens is 275 g/mol. The Morgan fingerprint density at radius 3 is 2.67 bits per heavy atom. The number of nitrogens with zero attached hydrogens (tertiary/aromatic N) is 1. The zero-order valence-corrected chi connectivity index (χ0v) is 11.0. The van der Waals surface area contributed by atoms with Crippen molar-refractivity contribution in [2.45, 2.75) is 6.42 Å². The van der Waals surface area contributed by atoms with Crippen molar-refractivity contribution in [3.05, 3.63) is 65.2 Å². The third-order valence-corrected chi connectivity index (χ3v) is 2.94. The van der Waals surface area contributed by atoms with Crippen LogP contribution in [0.1, 0.15) is 26.3 Å². The van der Waals surface area contributed by atoms with Gasteiger partial charge in [0.15, 0.2) is 5.82 Å². The first kappa shape index (κ1) is 14.6. The molecule has 2 aromatic rings. The van der Waals surface area contributed by atoms with E-state index in [1.54, 1.807) is 18.2 Å². The highest BCUT2D eigenvalue weighted by molar-refractivity contribution is 5.94. The minimum absolute atomic E-state index is 0.0866. The Hall–Kier alpha value is -2.76. The normalized spacial score (nSPS) is 10.1. The molecular formula is C15H13FN2O3. The summed E-state index contributed by atoms with van der Waals surface area (Å²) in [6.07, 6.45) is 2.65. The second-order valence-corrected chi connectivity index (χ2v) is 4.32. The number of rotatable bonds is 5. The number of amides is 1. The standard InChI is InChI=1S/C15H13FN2O3/c16-13-9-17-7-6-12(13)14(19)18-8-5-10-3-1-2-4-11(10)15(20)21/h1-4,6-7,9H,5,8H2,(H,18,19)(H,20,21). The lowest BCUT2D eigenvalue weighted by atomic mass is 10.0. The molecule has 6 heteroatoms. The lowest BCUT2D eigenvalue weighted by Gasteiger charge is -2.08. The van der Waals surface area contributed by atoms with Gasteiger partial charge in [-0.25, -0.2) is 9.18 Å². The van der Waals surface area contributed by atoms with E-state index >= 15 is 0 Å². The molecule has 0 unspecified atom stereocenters. The average molecular weight is 288 g/mol. The van der Waals surface area contributed by atoms with Crippen molar-refractivity contribution in [2.75, 3.05) is 6.54 Å². The highest BCUT2D eigenvalue weighted by atomic mass is 19.1. The fourth-order valence-corrected chi connectivity index (χ4v) is 1.91. The molecule has 1 aromatic heterocycles. The molecule has 1 aromatic carbocycles. The van der Waals surface area contributed by atoms with Gasteiger partial charge in [-0.05, 0) is 24.1 Å². The third-order valence-electron chi connectivity index (χ3n) is 2.94. The number of nitrogens with one attached hydrogen (secondary N) is 1. The smallest absolute Gasteiger partial charge is 0.335 e. The molecule has 108 valence electrons. The van der Waals surface area contributed by atoms with Gasteiger partial charge in [0.05, 0.1) is 17.3 Å². The minimum atomic E-state index is -1.02. The number of halogens is 1. The SMILES string of the molecule is O=C(NCCc1ccccc1C(=O)O)c1ccncc1F. The van der Waals surface area contributed by atoms with Crippen LogP contribution in [0, 0.1) is 5.82 Å². The molecule has 0 fully saturated rings. The number of carboxylic acid groups (broad SMARTS) is 1. The maximum atomic E-state index is 13.4. The molecule has 0 aliphatic rings. The minimum Gasteiger partial charge on any atom is -0.478 e. The molecule has 0 saturated heterocycles. The van der Waals surface area contributed by atoms with Crippen molar-refractivity contribution in [1.29, 1.82) is 0 Å². The molecule has 5 nitrogen and oxygen atoms in total. The Morgan fingerprint density at radius 1 is 1.19 bits per heavy atom. The summed E-state index contributed by atoms with van der Waals surface area (Å²) in [5, 5.41) is 11.6. The molecule has 1 heterocycles. The van der Waals surface area contributed by atoms with Crippen LogP contribution in [0.25, 0.3) is 0 Å². The van der Waals surface area contributed by atoms with E-state index in [2.05, 4.69) is 10.3 Å². The summed E-state index contributed by atoms with van der Waals surface area (Å²) in [5.41, 5.74) is 0.721. The predicted octanol–water partition coefficient (Wildman–Crippen LogP) is 1.89. The molecule has 0 saturated carbocycles. The van der Waals surface area contributed by atoms with Gasteiger partial charge in [-0.3, -0.25) is 9.78 Å². The predicted molar refractivity (Wildman–Crippen MR) is 73.6 cm³/mol. The molecule has 2 N–H and O–H groups in total. The van der Waals surface area contributed by atoms with Crippen molar-refractivity contribution >= 4 is 11.9 Å². The Morgan fingerprint density at radius 2 is 1.95 bits per heavy atom. The van der Waals surface area contributed by atoms with Gasteiger partial charge in [0.2, 0.25) is 0 Å². The number of hydrogen-bond donors (Lipinski definition) is 2. The topological polar surface area (TPSA) is 79.3 Å². The average Bonchev–Trinajstić information content (AvgIpc) is 2.48. The molecule has 0 aliphatic carbocycles. The van der Waals surface area contributed by atoms with E-state index in [1.165, 1.54) is 18.3 Å². The second kappa shape index (κ2) is 6.60. The lowest BCUT2D eigenvalue weighted by Crippen LogP contribution is -2.27. The second-order valence-electron chi connectivity index (χ2n) is 4.32. The lowest BCUT2D eigenvalue weighted by molar-refractivity contribution is 0.0695. The van der Waals surface area contributed by atoms with Crippen LogP contribution >= 0.6 is 0 Å². The first-order valence-electron chi connectivity index (χ1n) is 6.28. The summed E-state index contributed by atoms with van der Waals surface area (Å²) in [6, 6.07) is 7.84. The van der Waals surface area contributed by atoms with E-state index in [0.717, 1.165) is 6.20 Å².